The number of halogens is 1. The van der Waals surface area contributed by atoms with Gasteiger partial charge >= 0.3 is 0 Å². The molecule has 0 aliphatic carbocycles. The van der Waals surface area contributed by atoms with E-state index in [1.807, 2.05) is 0 Å². The van der Waals surface area contributed by atoms with E-state index < -0.39 is 11.7 Å². The zero-order chi connectivity index (χ0) is 11.3. The highest BCUT2D eigenvalue weighted by molar-refractivity contribution is 5.92. The predicted molar refractivity (Wildman–Crippen MR) is 56.8 cm³/mol. The third kappa shape index (κ3) is 3.18. The number of carbonyl (C=O) groups is 1. The fraction of sp³-hybridized carbons (Fsp3) is 0.182. The standard InChI is InChI=1S/C11H13FN2O/c1-2-5-14-7-9-4-3-8(11(13)15)6-10(9)12/h2-4,6,14H,1,5,7H2,(H2,13,15). The molecule has 0 aliphatic heterocycles. The van der Waals surface area contributed by atoms with Crippen LogP contribution in [0.3, 0.4) is 0 Å². The van der Waals surface area contributed by atoms with Gasteiger partial charge in [-0.05, 0) is 12.1 Å². The van der Waals surface area contributed by atoms with Crippen molar-refractivity contribution in [3.8, 4) is 0 Å². The summed E-state index contributed by atoms with van der Waals surface area (Å²) < 4.78 is 13.4. The summed E-state index contributed by atoms with van der Waals surface area (Å²) in [6.07, 6.45) is 1.69. The molecule has 0 aromatic heterocycles. The Hall–Kier alpha value is -1.68. The molecule has 0 atom stereocenters. The lowest BCUT2D eigenvalue weighted by Crippen LogP contribution is -2.15. The molecule has 80 valence electrons. The summed E-state index contributed by atoms with van der Waals surface area (Å²) in [5.41, 5.74) is 5.70. The minimum atomic E-state index is -0.625. The molecule has 1 amide bonds. The molecule has 0 fully saturated rings. The number of amides is 1. The maximum absolute atomic E-state index is 13.4. The number of primary amides is 1. The van der Waals surface area contributed by atoms with Crippen molar-refractivity contribution < 1.29 is 9.18 Å². The van der Waals surface area contributed by atoms with Crippen molar-refractivity contribution in [2.45, 2.75) is 6.54 Å². The van der Waals surface area contributed by atoms with Crippen molar-refractivity contribution in [1.82, 2.24) is 5.32 Å². The van der Waals surface area contributed by atoms with E-state index in [0.29, 0.717) is 18.7 Å². The second-order valence-corrected chi connectivity index (χ2v) is 3.09. The van der Waals surface area contributed by atoms with E-state index in [9.17, 15) is 9.18 Å². The van der Waals surface area contributed by atoms with Gasteiger partial charge in [-0.15, -0.1) is 6.58 Å². The number of benzene rings is 1. The lowest BCUT2D eigenvalue weighted by atomic mass is 10.1. The second kappa shape index (κ2) is 5.26. The van der Waals surface area contributed by atoms with Crippen LogP contribution >= 0.6 is 0 Å². The van der Waals surface area contributed by atoms with Crippen LogP contribution in [-0.4, -0.2) is 12.5 Å². The van der Waals surface area contributed by atoms with Gasteiger partial charge in [0.25, 0.3) is 0 Å². The van der Waals surface area contributed by atoms with Crippen LogP contribution in [0.2, 0.25) is 0 Å². The van der Waals surface area contributed by atoms with Gasteiger partial charge in [-0.2, -0.15) is 0 Å². The highest BCUT2D eigenvalue weighted by atomic mass is 19.1. The third-order valence-corrected chi connectivity index (χ3v) is 1.94. The largest absolute Gasteiger partial charge is 0.366 e. The van der Waals surface area contributed by atoms with E-state index in [2.05, 4.69) is 11.9 Å². The van der Waals surface area contributed by atoms with Gasteiger partial charge in [-0.1, -0.05) is 12.1 Å². The van der Waals surface area contributed by atoms with Gasteiger partial charge in [-0.3, -0.25) is 4.79 Å². The van der Waals surface area contributed by atoms with Gasteiger partial charge in [0.05, 0.1) is 0 Å². The normalized spacial score (nSPS) is 9.93. The van der Waals surface area contributed by atoms with Crippen molar-refractivity contribution in [3.05, 3.63) is 47.8 Å². The van der Waals surface area contributed by atoms with Crippen LogP contribution in [0.1, 0.15) is 15.9 Å². The third-order valence-electron chi connectivity index (χ3n) is 1.94. The molecule has 0 radical (unpaired) electrons. The van der Waals surface area contributed by atoms with Gasteiger partial charge in [0.2, 0.25) is 5.91 Å². The zero-order valence-electron chi connectivity index (χ0n) is 8.29. The Kier molecular flexibility index (Phi) is 4.00. The molecule has 0 aliphatic rings. The summed E-state index contributed by atoms with van der Waals surface area (Å²) in [5.74, 6) is -1.05. The predicted octanol–water partition coefficient (Wildman–Crippen LogP) is 1.20. The quantitative estimate of drug-likeness (QED) is 0.564. The first-order chi connectivity index (χ1) is 7.15. The fourth-order valence-corrected chi connectivity index (χ4v) is 1.15. The monoisotopic (exact) mass is 208 g/mol. The van der Waals surface area contributed by atoms with Gasteiger partial charge < -0.3 is 11.1 Å². The Morgan fingerprint density at radius 1 is 1.60 bits per heavy atom. The first-order valence-corrected chi connectivity index (χ1v) is 4.55. The van der Waals surface area contributed by atoms with Crippen LogP contribution in [0, 0.1) is 5.82 Å². The number of hydrogen-bond acceptors (Lipinski definition) is 2. The van der Waals surface area contributed by atoms with Crippen molar-refractivity contribution in [2.24, 2.45) is 5.73 Å². The molecule has 1 aromatic rings. The van der Waals surface area contributed by atoms with E-state index >= 15 is 0 Å². The van der Waals surface area contributed by atoms with Crippen molar-refractivity contribution in [3.63, 3.8) is 0 Å². The Morgan fingerprint density at radius 3 is 2.87 bits per heavy atom. The minimum Gasteiger partial charge on any atom is -0.366 e. The molecule has 0 saturated heterocycles. The Bertz CT molecular complexity index is 377. The smallest absolute Gasteiger partial charge is 0.248 e. The highest BCUT2D eigenvalue weighted by Gasteiger charge is 2.05. The summed E-state index contributed by atoms with van der Waals surface area (Å²) in [4.78, 5) is 10.8. The van der Waals surface area contributed by atoms with Crippen LogP contribution < -0.4 is 11.1 Å². The molecule has 1 rings (SSSR count). The Morgan fingerprint density at radius 2 is 2.33 bits per heavy atom. The summed E-state index contributed by atoms with van der Waals surface area (Å²) >= 11 is 0. The molecule has 15 heavy (non-hydrogen) atoms. The average molecular weight is 208 g/mol. The molecule has 0 heterocycles. The van der Waals surface area contributed by atoms with Crippen molar-refractivity contribution in [2.75, 3.05) is 6.54 Å². The number of nitrogens with one attached hydrogen (secondary N) is 1. The van der Waals surface area contributed by atoms with E-state index in [4.69, 9.17) is 5.73 Å². The molecular weight excluding hydrogens is 195 g/mol. The van der Waals surface area contributed by atoms with Gasteiger partial charge in [-0.25, -0.2) is 4.39 Å². The van der Waals surface area contributed by atoms with Crippen LogP contribution in [0.4, 0.5) is 4.39 Å². The maximum atomic E-state index is 13.4. The van der Waals surface area contributed by atoms with Crippen LogP contribution in [0.15, 0.2) is 30.9 Å². The van der Waals surface area contributed by atoms with Gasteiger partial charge in [0.15, 0.2) is 0 Å². The van der Waals surface area contributed by atoms with E-state index in [1.54, 1.807) is 12.1 Å². The number of rotatable bonds is 5. The topological polar surface area (TPSA) is 55.1 Å². The second-order valence-electron chi connectivity index (χ2n) is 3.09. The average Bonchev–Trinajstić information content (AvgIpc) is 2.20. The van der Waals surface area contributed by atoms with Crippen molar-refractivity contribution >= 4 is 5.91 Å². The molecule has 3 N–H and O–H groups in total. The molecule has 3 nitrogen and oxygen atoms in total. The van der Waals surface area contributed by atoms with E-state index in [0.717, 1.165) is 6.07 Å². The summed E-state index contributed by atoms with van der Waals surface area (Å²) in [5, 5.41) is 2.97. The Labute approximate surface area is 87.8 Å². The Balaban J connectivity index is 2.74. The number of hydrogen-bond donors (Lipinski definition) is 2. The fourth-order valence-electron chi connectivity index (χ4n) is 1.15. The van der Waals surface area contributed by atoms with Gasteiger partial charge in [0, 0.05) is 24.2 Å². The first-order valence-electron chi connectivity index (χ1n) is 4.55. The van der Waals surface area contributed by atoms with E-state index in [1.165, 1.54) is 6.07 Å². The summed E-state index contributed by atoms with van der Waals surface area (Å²) in [7, 11) is 0. The lowest BCUT2D eigenvalue weighted by Gasteiger charge is -2.04. The zero-order valence-corrected chi connectivity index (χ0v) is 8.29. The molecule has 0 saturated carbocycles. The van der Waals surface area contributed by atoms with Crippen molar-refractivity contribution in [1.29, 1.82) is 0 Å². The molecule has 0 spiro atoms. The maximum Gasteiger partial charge on any atom is 0.248 e. The number of carbonyl (C=O) groups excluding carboxylic acids is 1. The van der Waals surface area contributed by atoms with E-state index in [-0.39, 0.29) is 5.56 Å². The lowest BCUT2D eigenvalue weighted by molar-refractivity contribution is 0.1000. The first kappa shape index (κ1) is 11.4. The van der Waals surface area contributed by atoms with Crippen LogP contribution in [0.5, 0.6) is 0 Å². The van der Waals surface area contributed by atoms with Crippen LogP contribution in [-0.2, 0) is 6.54 Å². The highest BCUT2D eigenvalue weighted by Crippen LogP contribution is 2.09. The van der Waals surface area contributed by atoms with Gasteiger partial charge in [0.1, 0.15) is 5.82 Å². The number of nitrogens with two attached hydrogens (primary N) is 1. The minimum absolute atomic E-state index is 0.181. The van der Waals surface area contributed by atoms with Crippen LogP contribution in [0.25, 0.3) is 0 Å². The molecular formula is C11H13FN2O. The molecule has 4 heteroatoms. The molecule has 0 unspecified atom stereocenters. The summed E-state index contributed by atoms with van der Waals surface area (Å²) in [6, 6.07) is 4.20. The summed E-state index contributed by atoms with van der Waals surface area (Å²) in [6.45, 7) is 4.54. The SMILES string of the molecule is C=CCNCc1ccc(C(N)=O)cc1F. The molecule has 1 aromatic carbocycles. The molecule has 0 bridgehead atoms.